The van der Waals surface area contributed by atoms with Gasteiger partial charge in [0.1, 0.15) is 22.0 Å². The molecule has 0 spiro atoms. The average Bonchev–Trinajstić information content (AvgIpc) is 2.68. The third kappa shape index (κ3) is 2.16. The van der Waals surface area contributed by atoms with Crippen LogP contribution in [-0.2, 0) is 0 Å². The molecule has 94 valence electrons. The van der Waals surface area contributed by atoms with Crippen LogP contribution in [0.2, 0.25) is 8.67 Å². The largest absolute Gasteiger partial charge is 0.482 e. The van der Waals surface area contributed by atoms with E-state index in [-0.39, 0.29) is 11.9 Å². The summed E-state index contributed by atoms with van der Waals surface area (Å²) < 4.78 is 20.1. The monoisotopic (exact) mass is 303 g/mol. The minimum Gasteiger partial charge on any atom is -0.482 e. The van der Waals surface area contributed by atoms with Crippen LogP contribution in [0.5, 0.6) is 5.75 Å². The van der Waals surface area contributed by atoms with Gasteiger partial charge in [0.2, 0.25) is 0 Å². The predicted octanol–water partition coefficient (Wildman–Crippen LogP) is 4.74. The van der Waals surface area contributed by atoms with E-state index in [1.165, 1.54) is 23.5 Å². The van der Waals surface area contributed by atoms with Gasteiger partial charge in [-0.2, -0.15) is 0 Å². The van der Waals surface area contributed by atoms with Crippen LogP contribution in [-0.4, -0.2) is 6.54 Å². The second kappa shape index (κ2) is 4.61. The number of fused-ring (bicyclic) bond motifs is 1. The molecule has 2 aromatic rings. The van der Waals surface area contributed by atoms with Gasteiger partial charge in [-0.05, 0) is 18.2 Å². The molecule has 0 aliphatic carbocycles. The van der Waals surface area contributed by atoms with E-state index in [0.29, 0.717) is 26.7 Å². The molecule has 0 bridgehead atoms. The molecule has 1 aromatic heterocycles. The Morgan fingerprint density at radius 3 is 2.89 bits per heavy atom. The molecule has 1 atom stereocenters. The Kier molecular flexibility index (Phi) is 3.09. The Hall–Kier alpha value is -0.970. The van der Waals surface area contributed by atoms with Gasteiger partial charge in [0, 0.05) is 11.6 Å². The van der Waals surface area contributed by atoms with Crippen molar-refractivity contribution >= 4 is 40.2 Å². The fourth-order valence-corrected chi connectivity index (χ4v) is 3.45. The van der Waals surface area contributed by atoms with E-state index in [9.17, 15) is 4.39 Å². The number of benzene rings is 1. The van der Waals surface area contributed by atoms with Crippen LogP contribution in [0.4, 0.5) is 10.1 Å². The fraction of sp³-hybridized carbons (Fsp3) is 0.167. The van der Waals surface area contributed by atoms with Crippen LogP contribution in [0.25, 0.3) is 0 Å². The highest BCUT2D eigenvalue weighted by Gasteiger charge is 2.24. The number of rotatable bonds is 1. The molecule has 0 saturated heterocycles. The normalized spacial score (nSPS) is 17.8. The molecule has 0 radical (unpaired) electrons. The first-order valence-electron chi connectivity index (χ1n) is 5.28. The first kappa shape index (κ1) is 12.1. The summed E-state index contributed by atoms with van der Waals surface area (Å²) in [4.78, 5) is 0. The number of hydrogen-bond donors (Lipinski definition) is 1. The van der Waals surface area contributed by atoms with E-state index in [1.807, 2.05) is 0 Å². The maximum absolute atomic E-state index is 13.0. The zero-order valence-electron chi connectivity index (χ0n) is 9.04. The van der Waals surface area contributed by atoms with Gasteiger partial charge >= 0.3 is 0 Å². The van der Waals surface area contributed by atoms with E-state index >= 15 is 0 Å². The molecule has 0 fully saturated rings. The molecule has 6 heteroatoms. The molecular weight excluding hydrogens is 296 g/mol. The number of hydrogen-bond acceptors (Lipinski definition) is 3. The fourth-order valence-electron chi connectivity index (χ4n) is 1.89. The summed E-state index contributed by atoms with van der Waals surface area (Å²) in [5.74, 6) is 0.325. The van der Waals surface area contributed by atoms with E-state index < -0.39 is 0 Å². The highest BCUT2D eigenvalue weighted by molar-refractivity contribution is 7.20. The lowest BCUT2D eigenvalue weighted by molar-refractivity contribution is 0.211. The van der Waals surface area contributed by atoms with Crippen molar-refractivity contribution < 1.29 is 9.13 Å². The van der Waals surface area contributed by atoms with Crippen molar-refractivity contribution in [1.82, 2.24) is 0 Å². The molecule has 1 aliphatic rings. The van der Waals surface area contributed by atoms with Gasteiger partial charge in [-0.1, -0.05) is 23.2 Å². The van der Waals surface area contributed by atoms with E-state index in [0.717, 1.165) is 5.56 Å². The summed E-state index contributed by atoms with van der Waals surface area (Å²) >= 11 is 13.3. The number of thiophene rings is 1. The Balaban J connectivity index is 1.91. The van der Waals surface area contributed by atoms with Gasteiger partial charge in [-0.25, -0.2) is 4.39 Å². The van der Waals surface area contributed by atoms with Crippen LogP contribution in [0.15, 0.2) is 24.3 Å². The second-order valence-electron chi connectivity index (χ2n) is 3.91. The van der Waals surface area contributed by atoms with Crippen molar-refractivity contribution in [2.24, 2.45) is 0 Å². The van der Waals surface area contributed by atoms with Crippen LogP contribution in [0.1, 0.15) is 11.7 Å². The molecule has 1 aliphatic heterocycles. The topological polar surface area (TPSA) is 21.3 Å². The van der Waals surface area contributed by atoms with E-state index in [1.54, 1.807) is 12.1 Å². The summed E-state index contributed by atoms with van der Waals surface area (Å²) in [5.41, 5.74) is 1.51. The lowest BCUT2D eigenvalue weighted by atomic mass is 10.1. The van der Waals surface area contributed by atoms with Crippen molar-refractivity contribution in [2.75, 3.05) is 11.9 Å². The van der Waals surface area contributed by atoms with Crippen molar-refractivity contribution in [2.45, 2.75) is 6.10 Å². The minimum absolute atomic E-state index is 0.209. The van der Waals surface area contributed by atoms with Gasteiger partial charge in [-0.15, -0.1) is 11.3 Å². The summed E-state index contributed by atoms with van der Waals surface area (Å²) in [7, 11) is 0. The molecule has 18 heavy (non-hydrogen) atoms. The van der Waals surface area contributed by atoms with Gasteiger partial charge in [0.15, 0.2) is 0 Å². The summed E-state index contributed by atoms with van der Waals surface area (Å²) in [6.07, 6.45) is -0.209. The van der Waals surface area contributed by atoms with Crippen LogP contribution >= 0.6 is 34.5 Å². The average molecular weight is 304 g/mol. The molecule has 2 nitrogen and oxygen atoms in total. The van der Waals surface area contributed by atoms with Gasteiger partial charge in [0.05, 0.1) is 16.6 Å². The molecule has 3 rings (SSSR count). The second-order valence-corrected chi connectivity index (χ2v) is 6.19. The van der Waals surface area contributed by atoms with Crippen molar-refractivity contribution in [1.29, 1.82) is 0 Å². The van der Waals surface area contributed by atoms with E-state index in [2.05, 4.69) is 5.32 Å². The van der Waals surface area contributed by atoms with Crippen molar-refractivity contribution in [3.05, 3.63) is 44.3 Å². The smallest absolute Gasteiger partial charge is 0.143 e. The molecule has 1 N–H and O–H groups in total. The maximum Gasteiger partial charge on any atom is 0.143 e. The number of halogens is 3. The van der Waals surface area contributed by atoms with E-state index in [4.69, 9.17) is 27.9 Å². The third-order valence-corrected chi connectivity index (χ3v) is 4.24. The Morgan fingerprint density at radius 1 is 1.33 bits per heavy atom. The highest BCUT2D eigenvalue weighted by Crippen LogP contribution is 2.40. The lowest BCUT2D eigenvalue weighted by Crippen LogP contribution is -2.23. The van der Waals surface area contributed by atoms with Crippen LogP contribution in [0.3, 0.4) is 0 Å². The van der Waals surface area contributed by atoms with Gasteiger partial charge in [-0.3, -0.25) is 0 Å². The molecule has 0 amide bonds. The van der Waals surface area contributed by atoms with Crippen LogP contribution in [0, 0.1) is 5.82 Å². The molecule has 0 saturated carbocycles. The molecule has 1 aromatic carbocycles. The SMILES string of the molecule is Fc1ccc2c(c1)NCC(c1cc(Cl)sc1Cl)O2. The lowest BCUT2D eigenvalue weighted by Gasteiger charge is -2.27. The third-order valence-electron chi connectivity index (χ3n) is 2.72. The van der Waals surface area contributed by atoms with Crippen LogP contribution < -0.4 is 10.1 Å². The zero-order valence-corrected chi connectivity index (χ0v) is 11.4. The molecule has 1 unspecified atom stereocenters. The number of anilines is 1. The van der Waals surface area contributed by atoms with Gasteiger partial charge < -0.3 is 10.1 Å². The standard InChI is InChI=1S/C12H8Cl2FNOS/c13-11-4-7(12(14)18-11)10-5-16-8-3-6(15)1-2-9(8)17-10/h1-4,10,16H,5H2. The first-order valence-corrected chi connectivity index (χ1v) is 6.85. The predicted molar refractivity (Wildman–Crippen MR) is 72.6 cm³/mol. The van der Waals surface area contributed by atoms with Crippen molar-refractivity contribution in [3.8, 4) is 5.75 Å². The highest BCUT2D eigenvalue weighted by atomic mass is 35.5. The summed E-state index contributed by atoms with van der Waals surface area (Å²) in [6.45, 7) is 0.531. The number of nitrogens with one attached hydrogen (secondary N) is 1. The molecule has 2 heterocycles. The molecular formula is C12H8Cl2FNOS. The van der Waals surface area contributed by atoms with Crippen molar-refractivity contribution in [3.63, 3.8) is 0 Å². The van der Waals surface area contributed by atoms with Gasteiger partial charge in [0.25, 0.3) is 0 Å². The zero-order chi connectivity index (χ0) is 12.7. The Morgan fingerprint density at radius 2 is 2.17 bits per heavy atom. The Labute approximate surface area is 117 Å². The minimum atomic E-state index is -0.292. The summed E-state index contributed by atoms with van der Waals surface area (Å²) in [6, 6.07) is 6.18. The maximum atomic E-state index is 13.0. The summed E-state index contributed by atoms with van der Waals surface area (Å²) in [5, 5.41) is 3.13. The number of ether oxygens (including phenoxy) is 1. The Bertz CT molecular complexity index is 602. The first-order chi connectivity index (χ1) is 8.63. The quantitative estimate of drug-likeness (QED) is 0.821.